The number of aromatic carboxylic acids is 1. The number of carbonyl (C=O) groups is 2. The van der Waals surface area contributed by atoms with Gasteiger partial charge in [0.15, 0.2) is 5.78 Å². The summed E-state index contributed by atoms with van der Waals surface area (Å²) in [5, 5.41) is 10.2. The molecular weight excluding hydrogens is 458 g/mol. The van der Waals surface area contributed by atoms with Crippen LogP contribution in [0.25, 0.3) is 22.0 Å². The van der Waals surface area contributed by atoms with E-state index in [-0.39, 0.29) is 23.6 Å². The van der Waals surface area contributed by atoms with Gasteiger partial charge in [0.25, 0.3) is 0 Å². The fraction of sp³-hybridized carbons (Fsp3) is 0.0800. The second-order valence-corrected chi connectivity index (χ2v) is 8.18. The Bertz CT molecular complexity index is 1360. The molecule has 0 saturated carbocycles. The molecule has 1 aliphatic heterocycles. The quantitative estimate of drug-likeness (QED) is 0.390. The number of Topliss-reactive ketones (excluding diaryl/α,β-unsaturated/α-hetero) is 1. The summed E-state index contributed by atoms with van der Waals surface area (Å²) in [5.41, 5.74) is 3.40. The van der Waals surface area contributed by atoms with Crippen molar-refractivity contribution in [3.8, 4) is 17.0 Å². The van der Waals surface area contributed by atoms with Gasteiger partial charge in [-0.3, -0.25) is 4.79 Å². The molecule has 1 N–H and O–H groups in total. The largest absolute Gasteiger partial charge is 0.478 e. The number of rotatable bonds is 3. The zero-order valence-corrected chi connectivity index (χ0v) is 17.8. The summed E-state index contributed by atoms with van der Waals surface area (Å²) in [5.74, 6) is -0.840. The fourth-order valence-electron chi connectivity index (χ4n) is 4.00. The van der Waals surface area contributed by atoms with Crippen LogP contribution in [0.3, 0.4) is 0 Å². The molecule has 3 aromatic carbocycles. The maximum Gasteiger partial charge on any atom is 0.335 e. The SMILES string of the molecule is O=C(O)c1cccc(-c2c3c(nc4ccccc24)O[C@@H](c2ccccc2Br)CC3=O)c1. The number of carboxylic acid groups (broad SMARTS) is 1. The summed E-state index contributed by atoms with van der Waals surface area (Å²) >= 11 is 3.54. The van der Waals surface area contributed by atoms with E-state index in [4.69, 9.17) is 4.74 Å². The van der Waals surface area contributed by atoms with Crippen molar-refractivity contribution in [2.24, 2.45) is 0 Å². The minimum absolute atomic E-state index is 0.0871. The molecule has 0 fully saturated rings. The maximum absolute atomic E-state index is 13.4. The monoisotopic (exact) mass is 473 g/mol. The van der Waals surface area contributed by atoms with Gasteiger partial charge in [0, 0.05) is 21.0 Å². The molecule has 0 unspecified atom stereocenters. The first-order valence-corrected chi connectivity index (χ1v) is 10.5. The topological polar surface area (TPSA) is 76.5 Å². The Kier molecular flexibility index (Phi) is 4.79. The molecule has 0 aliphatic carbocycles. The van der Waals surface area contributed by atoms with Crippen LogP contribution in [0.4, 0.5) is 0 Å². The number of carboxylic acids is 1. The second-order valence-electron chi connectivity index (χ2n) is 7.33. The van der Waals surface area contributed by atoms with Gasteiger partial charge in [-0.25, -0.2) is 9.78 Å². The van der Waals surface area contributed by atoms with Crippen molar-refractivity contribution in [3.63, 3.8) is 0 Å². The number of nitrogens with zero attached hydrogens (tertiary/aromatic N) is 1. The Morgan fingerprint density at radius 3 is 2.58 bits per heavy atom. The van der Waals surface area contributed by atoms with E-state index in [0.717, 1.165) is 15.4 Å². The van der Waals surface area contributed by atoms with E-state index in [9.17, 15) is 14.7 Å². The molecule has 0 spiro atoms. The summed E-state index contributed by atoms with van der Waals surface area (Å²) < 4.78 is 7.11. The maximum atomic E-state index is 13.4. The summed E-state index contributed by atoms with van der Waals surface area (Å²) in [6.45, 7) is 0. The highest BCUT2D eigenvalue weighted by Gasteiger charge is 2.33. The van der Waals surface area contributed by atoms with Gasteiger partial charge in [-0.05, 0) is 29.8 Å². The van der Waals surface area contributed by atoms with Crippen LogP contribution in [-0.4, -0.2) is 21.8 Å². The van der Waals surface area contributed by atoms with Crippen molar-refractivity contribution in [1.82, 2.24) is 4.98 Å². The van der Waals surface area contributed by atoms with Gasteiger partial charge in [-0.15, -0.1) is 0 Å². The van der Waals surface area contributed by atoms with Crippen LogP contribution in [0, 0.1) is 0 Å². The van der Waals surface area contributed by atoms with E-state index in [1.807, 2.05) is 54.6 Å². The van der Waals surface area contributed by atoms with Crippen molar-refractivity contribution >= 4 is 38.6 Å². The number of pyridine rings is 1. The molecule has 5 nitrogen and oxygen atoms in total. The zero-order chi connectivity index (χ0) is 21.5. The van der Waals surface area contributed by atoms with Crippen LogP contribution < -0.4 is 4.74 Å². The molecule has 0 bridgehead atoms. The van der Waals surface area contributed by atoms with E-state index in [1.54, 1.807) is 12.1 Å². The van der Waals surface area contributed by atoms with Gasteiger partial charge in [-0.1, -0.05) is 64.5 Å². The van der Waals surface area contributed by atoms with Crippen molar-refractivity contribution in [3.05, 3.63) is 94.0 Å². The zero-order valence-electron chi connectivity index (χ0n) is 16.2. The highest BCUT2D eigenvalue weighted by molar-refractivity contribution is 9.10. The number of ether oxygens (including phenoxy) is 1. The van der Waals surface area contributed by atoms with Crippen LogP contribution in [0.5, 0.6) is 5.88 Å². The van der Waals surface area contributed by atoms with Gasteiger partial charge in [0.2, 0.25) is 5.88 Å². The molecule has 0 radical (unpaired) electrons. The van der Waals surface area contributed by atoms with E-state index in [2.05, 4.69) is 20.9 Å². The Labute approximate surface area is 186 Å². The third-order valence-corrected chi connectivity index (χ3v) is 6.14. The molecule has 0 amide bonds. The Balaban J connectivity index is 1.74. The van der Waals surface area contributed by atoms with Gasteiger partial charge >= 0.3 is 5.97 Å². The van der Waals surface area contributed by atoms with Crippen molar-refractivity contribution in [2.45, 2.75) is 12.5 Å². The molecular formula is C25H16BrNO4. The number of carbonyl (C=O) groups excluding carboxylic acids is 1. The lowest BCUT2D eigenvalue weighted by atomic mass is 9.89. The first-order valence-electron chi connectivity index (χ1n) is 9.73. The average molecular weight is 474 g/mol. The highest BCUT2D eigenvalue weighted by Crippen LogP contribution is 2.43. The molecule has 4 aromatic rings. The summed E-state index contributed by atoms with van der Waals surface area (Å²) in [4.78, 5) is 29.6. The normalized spacial score (nSPS) is 15.4. The lowest BCUT2D eigenvalue weighted by Gasteiger charge is -2.27. The lowest BCUT2D eigenvalue weighted by Crippen LogP contribution is -2.22. The van der Waals surface area contributed by atoms with Gasteiger partial charge < -0.3 is 9.84 Å². The predicted octanol–water partition coefficient (Wildman–Crippen LogP) is 6.07. The fourth-order valence-corrected chi connectivity index (χ4v) is 4.54. The number of hydrogen-bond acceptors (Lipinski definition) is 4. The number of fused-ring (bicyclic) bond motifs is 2. The Morgan fingerprint density at radius 2 is 1.77 bits per heavy atom. The van der Waals surface area contributed by atoms with Crippen molar-refractivity contribution in [1.29, 1.82) is 0 Å². The molecule has 6 heteroatoms. The number of halogens is 1. The van der Waals surface area contributed by atoms with Crippen LogP contribution in [-0.2, 0) is 0 Å². The van der Waals surface area contributed by atoms with Crippen LogP contribution in [0.15, 0.2) is 77.3 Å². The second kappa shape index (κ2) is 7.63. The standard InChI is InChI=1S/C25H16BrNO4/c26-18-10-3-1-8-16(18)21-13-20(28)23-22(14-6-5-7-15(12-14)25(29)30)17-9-2-4-11-19(17)27-24(23)31-21/h1-12,21H,13H2,(H,29,30)/t21-/m1/s1. The van der Waals surface area contributed by atoms with Gasteiger partial charge in [0.05, 0.1) is 23.1 Å². The molecule has 5 rings (SSSR count). The predicted molar refractivity (Wildman–Crippen MR) is 121 cm³/mol. The van der Waals surface area contributed by atoms with Crippen LogP contribution in [0.1, 0.15) is 38.8 Å². The number of ketones is 1. The summed E-state index contributed by atoms with van der Waals surface area (Å²) in [6, 6.07) is 21.7. The lowest BCUT2D eigenvalue weighted by molar-refractivity contribution is 0.0696. The van der Waals surface area contributed by atoms with Crippen molar-refractivity contribution in [2.75, 3.05) is 0 Å². The molecule has 152 valence electrons. The molecule has 1 atom stereocenters. The van der Waals surface area contributed by atoms with Crippen molar-refractivity contribution < 1.29 is 19.4 Å². The van der Waals surface area contributed by atoms with E-state index in [1.165, 1.54) is 6.07 Å². The first-order chi connectivity index (χ1) is 15.0. The molecule has 2 heterocycles. The summed E-state index contributed by atoms with van der Waals surface area (Å²) in [7, 11) is 0. The third kappa shape index (κ3) is 3.39. The number of benzene rings is 3. The average Bonchev–Trinajstić information content (AvgIpc) is 2.78. The molecule has 1 aromatic heterocycles. The van der Waals surface area contributed by atoms with E-state index < -0.39 is 12.1 Å². The minimum atomic E-state index is -1.02. The highest BCUT2D eigenvalue weighted by atomic mass is 79.9. The first kappa shape index (κ1) is 19.5. The van der Waals surface area contributed by atoms with Gasteiger partial charge in [0.1, 0.15) is 6.10 Å². The van der Waals surface area contributed by atoms with Crippen LogP contribution in [0.2, 0.25) is 0 Å². The Hall–Kier alpha value is -3.51. The van der Waals surface area contributed by atoms with E-state index in [0.29, 0.717) is 22.2 Å². The minimum Gasteiger partial charge on any atom is -0.478 e. The molecule has 0 saturated heterocycles. The smallest absolute Gasteiger partial charge is 0.335 e. The number of aromatic nitrogens is 1. The molecule has 31 heavy (non-hydrogen) atoms. The van der Waals surface area contributed by atoms with E-state index >= 15 is 0 Å². The number of hydrogen-bond donors (Lipinski definition) is 1. The Morgan fingerprint density at radius 1 is 1.00 bits per heavy atom. The summed E-state index contributed by atoms with van der Waals surface area (Å²) in [6.07, 6.45) is -0.288. The third-order valence-electron chi connectivity index (χ3n) is 5.41. The number of para-hydroxylation sites is 1. The van der Waals surface area contributed by atoms with Crippen LogP contribution >= 0.6 is 15.9 Å². The molecule has 1 aliphatic rings. The van der Waals surface area contributed by atoms with Gasteiger partial charge in [-0.2, -0.15) is 0 Å².